The van der Waals surface area contributed by atoms with E-state index < -0.39 is 11.4 Å². The van der Waals surface area contributed by atoms with Gasteiger partial charge in [-0.3, -0.25) is 4.79 Å². The third-order valence-electron chi connectivity index (χ3n) is 4.72. The van der Waals surface area contributed by atoms with Gasteiger partial charge in [0.15, 0.2) is 0 Å². The van der Waals surface area contributed by atoms with E-state index in [1.807, 2.05) is 0 Å². The zero-order valence-corrected chi connectivity index (χ0v) is 12.6. The molecule has 0 aromatic heterocycles. The predicted molar refractivity (Wildman–Crippen MR) is 81.1 cm³/mol. The maximum absolute atomic E-state index is 11.8. The Morgan fingerprint density at radius 1 is 1.14 bits per heavy atom. The summed E-state index contributed by atoms with van der Waals surface area (Å²) in [5, 5.41) is 15.0. The molecule has 3 N–H and O–H groups in total. The standard InChI is InChI=1S/C16H26N2O3/c19-14(20)16(9-4-1-5-10-16)12-18-15(21)17-11-8-13-6-2-3-7-13/h6H,1-5,7-12H2,(H,19,20)(H2,17,18,21). The smallest absolute Gasteiger partial charge is 0.314 e. The van der Waals surface area contributed by atoms with Crippen LogP contribution in [0.1, 0.15) is 57.8 Å². The fraction of sp³-hybridized carbons (Fsp3) is 0.750. The van der Waals surface area contributed by atoms with Crippen LogP contribution in [-0.2, 0) is 4.79 Å². The predicted octanol–water partition coefficient (Wildman–Crippen LogP) is 2.82. The lowest BCUT2D eigenvalue weighted by molar-refractivity contribution is -0.150. The fourth-order valence-corrected chi connectivity index (χ4v) is 3.31. The quantitative estimate of drug-likeness (QED) is 0.659. The molecule has 0 heterocycles. The molecule has 1 fully saturated rings. The first-order valence-electron chi connectivity index (χ1n) is 8.05. The van der Waals surface area contributed by atoms with Crippen molar-refractivity contribution in [1.29, 1.82) is 0 Å². The Bertz CT molecular complexity index is 412. The molecule has 0 spiro atoms. The van der Waals surface area contributed by atoms with Crippen molar-refractivity contribution >= 4 is 12.0 Å². The van der Waals surface area contributed by atoms with Gasteiger partial charge in [-0.1, -0.05) is 30.9 Å². The third-order valence-corrected chi connectivity index (χ3v) is 4.72. The van der Waals surface area contributed by atoms with Gasteiger partial charge in [-0.05, 0) is 38.5 Å². The number of carbonyl (C=O) groups is 2. The van der Waals surface area contributed by atoms with Gasteiger partial charge in [0, 0.05) is 13.1 Å². The van der Waals surface area contributed by atoms with Crippen LogP contribution in [0.25, 0.3) is 0 Å². The summed E-state index contributed by atoms with van der Waals surface area (Å²) in [4.78, 5) is 23.3. The molecule has 0 radical (unpaired) electrons. The molecule has 0 saturated heterocycles. The van der Waals surface area contributed by atoms with Gasteiger partial charge in [-0.15, -0.1) is 0 Å². The first-order valence-corrected chi connectivity index (χ1v) is 8.05. The number of carbonyl (C=O) groups excluding carboxylic acids is 1. The summed E-state index contributed by atoms with van der Waals surface area (Å²) < 4.78 is 0. The van der Waals surface area contributed by atoms with E-state index in [1.165, 1.54) is 12.0 Å². The van der Waals surface area contributed by atoms with Crippen LogP contribution in [0.4, 0.5) is 4.79 Å². The van der Waals surface area contributed by atoms with Gasteiger partial charge < -0.3 is 15.7 Å². The highest BCUT2D eigenvalue weighted by Crippen LogP contribution is 2.35. The zero-order valence-electron chi connectivity index (χ0n) is 12.6. The lowest BCUT2D eigenvalue weighted by atomic mass is 9.74. The second-order valence-electron chi connectivity index (χ2n) is 6.26. The van der Waals surface area contributed by atoms with Crippen molar-refractivity contribution in [1.82, 2.24) is 10.6 Å². The number of carboxylic acids is 1. The largest absolute Gasteiger partial charge is 0.481 e. The monoisotopic (exact) mass is 294 g/mol. The van der Waals surface area contributed by atoms with Crippen LogP contribution >= 0.6 is 0 Å². The van der Waals surface area contributed by atoms with Crippen molar-refractivity contribution < 1.29 is 14.7 Å². The molecule has 0 aromatic rings. The van der Waals surface area contributed by atoms with Crippen molar-refractivity contribution in [3.8, 4) is 0 Å². The molecule has 5 heteroatoms. The van der Waals surface area contributed by atoms with Crippen molar-refractivity contribution in [2.45, 2.75) is 57.8 Å². The van der Waals surface area contributed by atoms with Crippen LogP contribution in [0.15, 0.2) is 11.6 Å². The van der Waals surface area contributed by atoms with E-state index in [0.717, 1.165) is 38.5 Å². The van der Waals surface area contributed by atoms with Gasteiger partial charge in [0.05, 0.1) is 5.41 Å². The molecule has 5 nitrogen and oxygen atoms in total. The summed E-state index contributed by atoms with van der Waals surface area (Å²) >= 11 is 0. The van der Waals surface area contributed by atoms with E-state index in [2.05, 4.69) is 16.7 Å². The minimum absolute atomic E-state index is 0.233. The molecule has 118 valence electrons. The number of nitrogens with one attached hydrogen (secondary N) is 2. The van der Waals surface area contributed by atoms with Gasteiger partial charge in [0.25, 0.3) is 0 Å². The van der Waals surface area contributed by atoms with Crippen LogP contribution in [0, 0.1) is 5.41 Å². The molecule has 0 aliphatic heterocycles. The average molecular weight is 294 g/mol. The Morgan fingerprint density at radius 3 is 2.52 bits per heavy atom. The average Bonchev–Trinajstić information content (AvgIpc) is 2.99. The van der Waals surface area contributed by atoms with E-state index in [0.29, 0.717) is 19.4 Å². The number of amides is 2. The summed E-state index contributed by atoms with van der Waals surface area (Å²) in [6, 6.07) is -0.250. The second-order valence-corrected chi connectivity index (χ2v) is 6.26. The Labute approximate surface area is 126 Å². The Kier molecular flexibility index (Phi) is 5.65. The molecule has 1 saturated carbocycles. The Balaban J connectivity index is 1.70. The van der Waals surface area contributed by atoms with E-state index in [9.17, 15) is 14.7 Å². The molecule has 0 aromatic carbocycles. The van der Waals surface area contributed by atoms with Crippen LogP contribution in [0.2, 0.25) is 0 Å². The van der Waals surface area contributed by atoms with Crippen LogP contribution in [-0.4, -0.2) is 30.2 Å². The molecule has 0 unspecified atom stereocenters. The molecular weight excluding hydrogens is 268 g/mol. The van der Waals surface area contributed by atoms with Crippen LogP contribution in [0.5, 0.6) is 0 Å². The second kappa shape index (κ2) is 7.48. The molecule has 0 atom stereocenters. The number of urea groups is 1. The number of hydrogen-bond donors (Lipinski definition) is 3. The van der Waals surface area contributed by atoms with Gasteiger partial charge >= 0.3 is 12.0 Å². The Hall–Kier alpha value is -1.52. The highest BCUT2D eigenvalue weighted by Gasteiger charge is 2.39. The number of rotatable bonds is 6. The summed E-state index contributed by atoms with van der Waals surface area (Å²) in [5.74, 6) is -0.779. The van der Waals surface area contributed by atoms with Crippen molar-refractivity contribution in [3.05, 3.63) is 11.6 Å². The maximum Gasteiger partial charge on any atom is 0.314 e. The lowest BCUT2D eigenvalue weighted by Gasteiger charge is -2.33. The number of carboxylic acid groups (broad SMARTS) is 1. The highest BCUT2D eigenvalue weighted by molar-refractivity contribution is 5.78. The summed E-state index contributed by atoms with van der Waals surface area (Å²) in [5.41, 5.74) is 0.661. The first-order chi connectivity index (χ1) is 10.1. The normalized spacial score (nSPS) is 20.7. The summed E-state index contributed by atoms with van der Waals surface area (Å²) in [7, 11) is 0. The van der Waals surface area contributed by atoms with E-state index >= 15 is 0 Å². The number of aliphatic carboxylic acids is 1. The molecule has 2 rings (SSSR count). The Morgan fingerprint density at radius 2 is 1.90 bits per heavy atom. The van der Waals surface area contributed by atoms with Crippen molar-refractivity contribution in [2.24, 2.45) is 5.41 Å². The highest BCUT2D eigenvalue weighted by atomic mass is 16.4. The first kappa shape index (κ1) is 15.9. The van der Waals surface area contributed by atoms with Gasteiger partial charge in [0.2, 0.25) is 0 Å². The minimum Gasteiger partial charge on any atom is -0.481 e. The summed E-state index contributed by atoms with van der Waals surface area (Å²) in [6.45, 7) is 0.856. The van der Waals surface area contributed by atoms with Gasteiger partial charge in [-0.25, -0.2) is 4.79 Å². The number of hydrogen-bond acceptors (Lipinski definition) is 2. The maximum atomic E-state index is 11.8. The molecule has 2 amide bonds. The van der Waals surface area contributed by atoms with Crippen LogP contribution in [0.3, 0.4) is 0 Å². The molecule has 2 aliphatic carbocycles. The van der Waals surface area contributed by atoms with Crippen molar-refractivity contribution in [3.63, 3.8) is 0 Å². The SMILES string of the molecule is O=C(NCCC1=CCCC1)NCC1(C(=O)O)CCCCC1. The fourth-order valence-electron chi connectivity index (χ4n) is 3.31. The third kappa shape index (κ3) is 4.48. The minimum atomic E-state index is -0.779. The molecule has 21 heavy (non-hydrogen) atoms. The van der Waals surface area contributed by atoms with Crippen LogP contribution < -0.4 is 10.6 Å². The van der Waals surface area contributed by atoms with Gasteiger partial charge in [-0.2, -0.15) is 0 Å². The molecule has 0 bridgehead atoms. The summed E-state index contributed by atoms with van der Waals surface area (Å²) in [6.07, 6.45) is 11.0. The zero-order chi connectivity index (χ0) is 15.1. The van der Waals surface area contributed by atoms with Gasteiger partial charge in [0.1, 0.15) is 0 Å². The molecule has 2 aliphatic rings. The van der Waals surface area contributed by atoms with Crippen molar-refractivity contribution in [2.75, 3.05) is 13.1 Å². The van der Waals surface area contributed by atoms with E-state index in [1.54, 1.807) is 0 Å². The molecular formula is C16H26N2O3. The van der Waals surface area contributed by atoms with E-state index in [-0.39, 0.29) is 12.6 Å². The lowest BCUT2D eigenvalue weighted by Crippen LogP contribution is -2.47. The number of allylic oxidation sites excluding steroid dienone is 1. The van der Waals surface area contributed by atoms with E-state index in [4.69, 9.17) is 0 Å². The topological polar surface area (TPSA) is 78.4 Å².